The topological polar surface area (TPSA) is 23.5 Å². The summed E-state index contributed by atoms with van der Waals surface area (Å²) in [6.07, 6.45) is 1.89. The Kier molecular flexibility index (Phi) is 5.47. The van der Waals surface area contributed by atoms with Gasteiger partial charge in [-0.2, -0.15) is 0 Å². The molecule has 17 heavy (non-hydrogen) atoms. The number of benzene rings is 1. The van der Waals surface area contributed by atoms with E-state index in [2.05, 4.69) is 47.8 Å². The van der Waals surface area contributed by atoms with E-state index < -0.39 is 6.10 Å². The molecular formula is C14H22BrNO. The molecule has 3 heteroatoms. The second-order valence-corrected chi connectivity index (χ2v) is 5.54. The van der Waals surface area contributed by atoms with Crippen molar-refractivity contribution in [3.8, 4) is 0 Å². The molecule has 2 atom stereocenters. The molecule has 0 heterocycles. The van der Waals surface area contributed by atoms with Crippen molar-refractivity contribution in [3.63, 3.8) is 0 Å². The summed E-state index contributed by atoms with van der Waals surface area (Å²) in [5.41, 5.74) is 2.09. The van der Waals surface area contributed by atoms with Gasteiger partial charge in [-0.3, -0.25) is 0 Å². The predicted molar refractivity (Wildman–Crippen MR) is 77.5 cm³/mol. The fraction of sp³-hybridized carbons (Fsp3) is 0.571. The van der Waals surface area contributed by atoms with Crippen LogP contribution in [-0.4, -0.2) is 18.2 Å². The highest BCUT2D eigenvalue weighted by Crippen LogP contribution is 2.30. The summed E-state index contributed by atoms with van der Waals surface area (Å²) in [4.78, 5) is 2.25. The lowest BCUT2D eigenvalue weighted by atomic mass is 10.1. The molecule has 0 saturated heterocycles. The van der Waals surface area contributed by atoms with Crippen LogP contribution in [0.25, 0.3) is 0 Å². The number of rotatable bonds is 5. The first kappa shape index (κ1) is 14.5. The molecule has 0 fully saturated rings. The van der Waals surface area contributed by atoms with E-state index in [-0.39, 0.29) is 0 Å². The van der Waals surface area contributed by atoms with Crippen LogP contribution in [-0.2, 0) is 0 Å². The molecule has 0 amide bonds. The van der Waals surface area contributed by atoms with Crippen LogP contribution in [0.1, 0.15) is 45.3 Å². The second kappa shape index (κ2) is 6.41. The van der Waals surface area contributed by atoms with Gasteiger partial charge in [0.1, 0.15) is 0 Å². The molecule has 0 spiro atoms. The van der Waals surface area contributed by atoms with Gasteiger partial charge in [0, 0.05) is 28.8 Å². The maximum atomic E-state index is 9.84. The van der Waals surface area contributed by atoms with E-state index in [4.69, 9.17) is 0 Å². The van der Waals surface area contributed by atoms with Gasteiger partial charge in [-0.25, -0.2) is 0 Å². The highest BCUT2D eigenvalue weighted by atomic mass is 79.9. The van der Waals surface area contributed by atoms with Crippen LogP contribution in [0.2, 0.25) is 0 Å². The van der Waals surface area contributed by atoms with Crippen LogP contribution in [0.15, 0.2) is 22.7 Å². The summed E-state index contributed by atoms with van der Waals surface area (Å²) in [6, 6.07) is 6.57. The fourth-order valence-electron chi connectivity index (χ4n) is 2.03. The molecule has 1 rings (SSSR count). The molecule has 2 nitrogen and oxygen atoms in total. The summed E-state index contributed by atoms with van der Waals surface area (Å²) in [5, 5.41) is 9.84. The van der Waals surface area contributed by atoms with E-state index in [0.29, 0.717) is 6.04 Å². The normalized spacial score (nSPS) is 14.5. The Bertz CT molecular complexity index is 365. The molecule has 1 N–H and O–H groups in total. The molecule has 2 unspecified atom stereocenters. The Labute approximate surface area is 113 Å². The van der Waals surface area contributed by atoms with E-state index in [1.807, 2.05) is 19.1 Å². The summed E-state index contributed by atoms with van der Waals surface area (Å²) >= 11 is 3.45. The number of nitrogens with zero attached hydrogens (tertiary/aromatic N) is 1. The Morgan fingerprint density at radius 1 is 1.35 bits per heavy atom. The van der Waals surface area contributed by atoms with Gasteiger partial charge in [0.15, 0.2) is 0 Å². The van der Waals surface area contributed by atoms with Crippen molar-refractivity contribution < 1.29 is 5.11 Å². The van der Waals surface area contributed by atoms with Crippen molar-refractivity contribution >= 4 is 21.6 Å². The van der Waals surface area contributed by atoms with Crippen LogP contribution in [0.5, 0.6) is 0 Å². The molecule has 0 aromatic heterocycles. The van der Waals surface area contributed by atoms with Gasteiger partial charge < -0.3 is 10.0 Å². The van der Waals surface area contributed by atoms with E-state index in [1.54, 1.807) is 0 Å². The molecule has 0 aliphatic rings. The lowest BCUT2D eigenvalue weighted by molar-refractivity contribution is 0.199. The van der Waals surface area contributed by atoms with Crippen molar-refractivity contribution in [2.75, 3.05) is 11.9 Å². The lowest BCUT2D eigenvalue weighted by Crippen LogP contribution is -2.29. The summed E-state index contributed by atoms with van der Waals surface area (Å²) in [5.74, 6) is 0. The van der Waals surface area contributed by atoms with Crippen LogP contribution in [0.3, 0.4) is 0 Å². The Morgan fingerprint density at radius 2 is 2.00 bits per heavy atom. The third kappa shape index (κ3) is 3.71. The quantitative estimate of drug-likeness (QED) is 0.884. The van der Waals surface area contributed by atoms with E-state index in [9.17, 15) is 5.11 Å². The molecule has 96 valence electrons. The first-order valence-corrected chi connectivity index (χ1v) is 6.97. The SMILES string of the molecule is CCCC(C)N(C)c1ccc(Br)cc1C(C)O. The molecule has 0 aliphatic heterocycles. The van der Waals surface area contributed by atoms with Gasteiger partial charge in [0.25, 0.3) is 0 Å². The number of hydrogen-bond acceptors (Lipinski definition) is 2. The van der Waals surface area contributed by atoms with Gasteiger partial charge in [-0.05, 0) is 38.5 Å². The zero-order valence-corrected chi connectivity index (χ0v) is 12.7. The van der Waals surface area contributed by atoms with E-state index in [0.717, 1.165) is 22.1 Å². The smallest absolute Gasteiger partial charge is 0.0782 e. The van der Waals surface area contributed by atoms with Crippen molar-refractivity contribution in [1.82, 2.24) is 0 Å². The Hall–Kier alpha value is -0.540. The standard InChI is InChI=1S/C14H22BrNO/c1-5-6-10(2)16(4)14-8-7-12(15)9-13(14)11(3)17/h7-11,17H,5-6H2,1-4H3. The van der Waals surface area contributed by atoms with E-state index in [1.165, 1.54) is 6.42 Å². The number of aliphatic hydroxyl groups excluding tert-OH is 1. The van der Waals surface area contributed by atoms with E-state index >= 15 is 0 Å². The number of hydrogen-bond donors (Lipinski definition) is 1. The minimum absolute atomic E-state index is 0.446. The van der Waals surface area contributed by atoms with Crippen molar-refractivity contribution in [2.24, 2.45) is 0 Å². The summed E-state index contributed by atoms with van der Waals surface area (Å²) in [6.45, 7) is 6.22. The van der Waals surface area contributed by atoms with Crippen molar-refractivity contribution in [3.05, 3.63) is 28.2 Å². The number of halogens is 1. The maximum Gasteiger partial charge on any atom is 0.0782 e. The molecule has 0 saturated carbocycles. The van der Waals surface area contributed by atoms with Crippen LogP contribution in [0.4, 0.5) is 5.69 Å². The number of aliphatic hydroxyl groups is 1. The number of anilines is 1. The molecule has 1 aromatic carbocycles. The molecule has 0 bridgehead atoms. The van der Waals surface area contributed by atoms with Gasteiger partial charge in [-0.1, -0.05) is 29.3 Å². The third-order valence-electron chi connectivity index (χ3n) is 3.19. The summed E-state index contributed by atoms with van der Waals surface area (Å²) in [7, 11) is 2.09. The maximum absolute atomic E-state index is 9.84. The minimum Gasteiger partial charge on any atom is -0.389 e. The Balaban J connectivity index is 3.03. The third-order valence-corrected chi connectivity index (χ3v) is 3.68. The lowest BCUT2D eigenvalue weighted by Gasteiger charge is -2.29. The van der Waals surface area contributed by atoms with Crippen LogP contribution >= 0.6 is 15.9 Å². The first-order valence-electron chi connectivity index (χ1n) is 6.17. The van der Waals surface area contributed by atoms with Gasteiger partial charge in [-0.15, -0.1) is 0 Å². The molecular weight excluding hydrogens is 278 g/mol. The van der Waals surface area contributed by atoms with Crippen LogP contribution < -0.4 is 4.90 Å². The molecule has 1 aromatic rings. The van der Waals surface area contributed by atoms with Gasteiger partial charge in [0.05, 0.1) is 6.10 Å². The minimum atomic E-state index is -0.446. The first-order chi connectivity index (χ1) is 7.97. The zero-order valence-electron chi connectivity index (χ0n) is 11.1. The highest BCUT2D eigenvalue weighted by Gasteiger charge is 2.15. The van der Waals surface area contributed by atoms with Gasteiger partial charge >= 0.3 is 0 Å². The second-order valence-electron chi connectivity index (χ2n) is 4.63. The fourth-order valence-corrected chi connectivity index (χ4v) is 2.41. The molecule has 0 radical (unpaired) electrons. The summed E-state index contributed by atoms with van der Waals surface area (Å²) < 4.78 is 1.01. The average Bonchev–Trinajstić information content (AvgIpc) is 2.28. The Morgan fingerprint density at radius 3 is 2.53 bits per heavy atom. The highest BCUT2D eigenvalue weighted by molar-refractivity contribution is 9.10. The zero-order chi connectivity index (χ0) is 13.0. The van der Waals surface area contributed by atoms with Gasteiger partial charge in [0.2, 0.25) is 0 Å². The van der Waals surface area contributed by atoms with Crippen molar-refractivity contribution in [1.29, 1.82) is 0 Å². The largest absolute Gasteiger partial charge is 0.389 e. The molecule has 0 aliphatic carbocycles. The van der Waals surface area contributed by atoms with Crippen LogP contribution in [0, 0.1) is 0 Å². The van der Waals surface area contributed by atoms with Crippen molar-refractivity contribution in [2.45, 2.75) is 45.8 Å². The average molecular weight is 300 g/mol. The predicted octanol–water partition coefficient (Wildman–Crippen LogP) is 4.13. The monoisotopic (exact) mass is 299 g/mol.